The maximum absolute atomic E-state index is 13.1. The topological polar surface area (TPSA) is 66.9 Å². The van der Waals surface area contributed by atoms with E-state index in [9.17, 15) is 13.2 Å². The summed E-state index contributed by atoms with van der Waals surface area (Å²) in [5.74, 6) is 0.485. The van der Waals surface area contributed by atoms with E-state index < -0.39 is 10.0 Å². The highest BCUT2D eigenvalue weighted by Gasteiger charge is 2.23. The molecule has 0 bridgehead atoms. The second kappa shape index (κ2) is 9.22. The highest BCUT2D eigenvalue weighted by atomic mass is 32.2. The molecule has 0 unspecified atom stereocenters. The molecule has 0 fully saturated rings. The fraction of sp³-hybridized carbons (Fsp3) is 0.208. The van der Waals surface area contributed by atoms with Gasteiger partial charge in [-0.2, -0.15) is 0 Å². The molecule has 6 nitrogen and oxygen atoms in total. The molecule has 3 rings (SSSR count). The highest BCUT2D eigenvalue weighted by Crippen LogP contribution is 2.23. The zero-order valence-corrected chi connectivity index (χ0v) is 18.9. The van der Waals surface area contributed by atoms with E-state index in [2.05, 4.69) is 0 Å². The van der Waals surface area contributed by atoms with E-state index in [0.717, 1.165) is 16.9 Å². The van der Waals surface area contributed by atoms with Gasteiger partial charge in [-0.1, -0.05) is 35.9 Å². The van der Waals surface area contributed by atoms with Crippen LogP contribution in [-0.2, 0) is 16.6 Å². The van der Waals surface area contributed by atoms with Crippen LogP contribution in [0, 0.1) is 6.92 Å². The Morgan fingerprint density at radius 1 is 0.935 bits per heavy atom. The number of anilines is 1. The van der Waals surface area contributed by atoms with Crippen molar-refractivity contribution in [2.24, 2.45) is 0 Å². The van der Waals surface area contributed by atoms with Crippen molar-refractivity contribution in [3.05, 3.63) is 89.5 Å². The lowest BCUT2D eigenvalue weighted by molar-refractivity contribution is 0.0785. The smallest absolute Gasteiger partial charge is 0.264 e. The zero-order chi connectivity index (χ0) is 22.6. The van der Waals surface area contributed by atoms with Crippen LogP contribution in [-0.4, -0.2) is 40.4 Å². The van der Waals surface area contributed by atoms with Crippen molar-refractivity contribution in [2.45, 2.75) is 18.4 Å². The number of carbonyl (C=O) groups excluding carboxylic acids is 1. The Labute approximate surface area is 183 Å². The minimum Gasteiger partial charge on any atom is -0.497 e. The van der Waals surface area contributed by atoms with E-state index in [0.29, 0.717) is 17.8 Å². The zero-order valence-electron chi connectivity index (χ0n) is 18.1. The molecular formula is C24H26N2O4S. The quantitative estimate of drug-likeness (QED) is 0.557. The van der Waals surface area contributed by atoms with Crippen molar-refractivity contribution < 1.29 is 17.9 Å². The molecule has 3 aromatic rings. The molecule has 1 amide bonds. The predicted octanol–water partition coefficient (Wildman–Crippen LogP) is 4.10. The summed E-state index contributed by atoms with van der Waals surface area (Å²) in [4.78, 5) is 14.5. The molecule has 0 aliphatic rings. The largest absolute Gasteiger partial charge is 0.497 e. The van der Waals surface area contributed by atoms with Crippen LogP contribution < -0.4 is 9.04 Å². The molecule has 0 aromatic heterocycles. The van der Waals surface area contributed by atoms with Crippen LogP contribution in [0.1, 0.15) is 21.5 Å². The van der Waals surface area contributed by atoms with Crippen molar-refractivity contribution in [2.75, 3.05) is 25.5 Å². The predicted molar refractivity (Wildman–Crippen MR) is 122 cm³/mol. The number of carbonyl (C=O) groups is 1. The van der Waals surface area contributed by atoms with Crippen molar-refractivity contribution in [1.29, 1.82) is 0 Å². The van der Waals surface area contributed by atoms with Crippen LogP contribution in [0.15, 0.2) is 77.7 Å². The first-order valence-electron chi connectivity index (χ1n) is 9.76. The van der Waals surface area contributed by atoms with E-state index >= 15 is 0 Å². The molecule has 0 aliphatic heterocycles. The number of rotatable bonds is 7. The summed E-state index contributed by atoms with van der Waals surface area (Å²) >= 11 is 0. The summed E-state index contributed by atoms with van der Waals surface area (Å²) < 4.78 is 32.6. The molecule has 0 heterocycles. The number of ether oxygens (including phenoxy) is 1. The first-order valence-corrected chi connectivity index (χ1v) is 11.2. The van der Waals surface area contributed by atoms with Gasteiger partial charge in [0.1, 0.15) is 5.75 Å². The fourth-order valence-corrected chi connectivity index (χ4v) is 4.38. The van der Waals surface area contributed by atoms with Gasteiger partial charge in [0.15, 0.2) is 0 Å². The fourth-order valence-electron chi connectivity index (χ4n) is 3.14. The summed E-state index contributed by atoms with van der Waals surface area (Å²) in [5.41, 5.74) is 2.86. The van der Waals surface area contributed by atoms with Gasteiger partial charge in [0.25, 0.3) is 15.9 Å². The van der Waals surface area contributed by atoms with Crippen molar-refractivity contribution in [1.82, 2.24) is 4.90 Å². The van der Waals surface area contributed by atoms with Gasteiger partial charge in [-0.15, -0.1) is 0 Å². The lowest BCUT2D eigenvalue weighted by Gasteiger charge is -2.21. The molecule has 0 aliphatic carbocycles. The van der Waals surface area contributed by atoms with Gasteiger partial charge < -0.3 is 9.64 Å². The third-order valence-electron chi connectivity index (χ3n) is 5.06. The maximum Gasteiger partial charge on any atom is 0.264 e. The Balaban J connectivity index is 1.80. The van der Waals surface area contributed by atoms with Gasteiger partial charge in [-0.25, -0.2) is 8.42 Å². The van der Waals surface area contributed by atoms with Crippen LogP contribution in [0.3, 0.4) is 0 Å². The normalized spacial score (nSPS) is 11.1. The first kappa shape index (κ1) is 22.4. The Bertz CT molecular complexity index is 1160. The number of aryl methyl sites for hydroxylation is 1. The minimum atomic E-state index is -3.80. The van der Waals surface area contributed by atoms with Crippen LogP contribution in [0.2, 0.25) is 0 Å². The van der Waals surface area contributed by atoms with Gasteiger partial charge in [0, 0.05) is 26.2 Å². The standard InChI is InChI=1S/C24H26N2O4S/c1-18-8-12-21(13-9-18)26(3)31(28,29)23-7-5-6-20(16-23)24(27)25(2)17-19-10-14-22(30-4)15-11-19/h5-16H,17H2,1-4H3. The SMILES string of the molecule is COc1ccc(CN(C)C(=O)c2cccc(S(=O)(=O)N(C)c3ccc(C)cc3)c2)cc1. The first-order chi connectivity index (χ1) is 14.7. The van der Waals surface area contributed by atoms with E-state index in [-0.39, 0.29) is 10.8 Å². The number of methoxy groups -OCH3 is 1. The Kier molecular flexibility index (Phi) is 6.65. The molecule has 31 heavy (non-hydrogen) atoms. The lowest BCUT2D eigenvalue weighted by atomic mass is 10.1. The maximum atomic E-state index is 13.1. The minimum absolute atomic E-state index is 0.0688. The molecular weight excluding hydrogens is 412 g/mol. The van der Waals surface area contributed by atoms with Crippen LogP contribution >= 0.6 is 0 Å². The summed E-state index contributed by atoms with van der Waals surface area (Å²) in [7, 11) is 0.986. The number of benzene rings is 3. The summed E-state index contributed by atoms with van der Waals surface area (Å²) in [6.45, 7) is 2.33. The second-order valence-corrected chi connectivity index (χ2v) is 9.31. The highest BCUT2D eigenvalue weighted by molar-refractivity contribution is 7.92. The van der Waals surface area contributed by atoms with Crippen LogP contribution in [0.5, 0.6) is 5.75 Å². The number of sulfonamides is 1. The van der Waals surface area contributed by atoms with E-state index in [4.69, 9.17) is 4.74 Å². The van der Waals surface area contributed by atoms with Gasteiger partial charge >= 0.3 is 0 Å². The molecule has 0 radical (unpaired) electrons. The van der Waals surface area contributed by atoms with Crippen LogP contribution in [0.25, 0.3) is 0 Å². The van der Waals surface area contributed by atoms with Gasteiger partial charge in [-0.05, 0) is 55.0 Å². The molecule has 7 heteroatoms. The van der Waals surface area contributed by atoms with Crippen molar-refractivity contribution in [3.63, 3.8) is 0 Å². The molecule has 3 aromatic carbocycles. The third-order valence-corrected chi connectivity index (χ3v) is 6.84. The number of nitrogens with zero attached hydrogens (tertiary/aromatic N) is 2. The molecule has 0 saturated carbocycles. The van der Waals surface area contributed by atoms with Gasteiger partial charge in [0.2, 0.25) is 0 Å². The molecule has 162 valence electrons. The third kappa shape index (κ3) is 5.06. The number of hydrogen-bond donors (Lipinski definition) is 0. The molecule has 0 saturated heterocycles. The Morgan fingerprint density at radius 2 is 1.58 bits per heavy atom. The van der Waals surface area contributed by atoms with Crippen molar-refractivity contribution >= 4 is 21.6 Å². The Morgan fingerprint density at radius 3 is 2.19 bits per heavy atom. The van der Waals surface area contributed by atoms with E-state index in [1.54, 1.807) is 43.3 Å². The number of hydrogen-bond acceptors (Lipinski definition) is 4. The molecule has 0 atom stereocenters. The average Bonchev–Trinajstić information content (AvgIpc) is 2.79. The van der Waals surface area contributed by atoms with Crippen molar-refractivity contribution in [3.8, 4) is 5.75 Å². The average molecular weight is 439 g/mol. The summed E-state index contributed by atoms with van der Waals surface area (Å²) in [5, 5.41) is 0. The summed E-state index contributed by atoms with van der Waals surface area (Å²) in [6.07, 6.45) is 0. The van der Waals surface area contributed by atoms with E-state index in [1.807, 2.05) is 43.3 Å². The second-order valence-electron chi connectivity index (χ2n) is 7.35. The van der Waals surface area contributed by atoms with Gasteiger partial charge in [-0.3, -0.25) is 9.10 Å². The van der Waals surface area contributed by atoms with Crippen LogP contribution in [0.4, 0.5) is 5.69 Å². The molecule has 0 N–H and O–H groups in total. The molecule has 0 spiro atoms. The number of amides is 1. The van der Waals surface area contributed by atoms with E-state index in [1.165, 1.54) is 23.5 Å². The lowest BCUT2D eigenvalue weighted by Crippen LogP contribution is -2.28. The van der Waals surface area contributed by atoms with Gasteiger partial charge in [0.05, 0.1) is 17.7 Å². The summed E-state index contributed by atoms with van der Waals surface area (Å²) in [6, 6.07) is 20.8. The monoisotopic (exact) mass is 438 g/mol. The Hall–Kier alpha value is -3.32.